The zero-order valence-electron chi connectivity index (χ0n) is 7.45. The molecule has 13 heavy (non-hydrogen) atoms. The van der Waals surface area contributed by atoms with Gasteiger partial charge in [0.05, 0.1) is 0 Å². The predicted octanol–water partition coefficient (Wildman–Crippen LogP) is 0.281. The molecule has 2 aliphatic rings. The van der Waals surface area contributed by atoms with Crippen LogP contribution in [0.2, 0.25) is 0 Å². The standard InChI is InChI=1S/C8H14N2O3/c11-7(12)13-10-5-8(6-10)1-3-9-4-2-8/h9H,1-6H2,(H,11,12). The van der Waals surface area contributed by atoms with E-state index in [4.69, 9.17) is 5.11 Å². The summed E-state index contributed by atoms with van der Waals surface area (Å²) in [6.07, 6.45) is 1.06. The van der Waals surface area contributed by atoms with Crippen molar-refractivity contribution in [3.63, 3.8) is 0 Å². The summed E-state index contributed by atoms with van der Waals surface area (Å²) in [5, 5.41) is 13.2. The van der Waals surface area contributed by atoms with Gasteiger partial charge in [0, 0.05) is 18.5 Å². The molecule has 5 nitrogen and oxygen atoms in total. The van der Waals surface area contributed by atoms with E-state index in [-0.39, 0.29) is 0 Å². The molecule has 2 saturated heterocycles. The first-order chi connectivity index (χ1) is 6.20. The Morgan fingerprint density at radius 2 is 2.00 bits per heavy atom. The van der Waals surface area contributed by atoms with E-state index in [1.807, 2.05) is 0 Å². The largest absolute Gasteiger partial charge is 0.525 e. The highest BCUT2D eigenvalue weighted by Crippen LogP contribution is 2.38. The van der Waals surface area contributed by atoms with Gasteiger partial charge < -0.3 is 15.3 Å². The lowest BCUT2D eigenvalue weighted by Gasteiger charge is -2.50. The van der Waals surface area contributed by atoms with Gasteiger partial charge in [0.2, 0.25) is 0 Å². The van der Waals surface area contributed by atoms with Gasteiger partial charge in [-0.05, 0) is 25.9 Å². The third-order valence-electron chi connectivity index (χ3n) is 2.89. The van der Waals surface area contributed by atoms with Gasteiger partial charge in [0.25, 0.3) is 0 Å². The molecule has 5 heteroatoms. The molecule has 0 bridgehead atoms. The van der Waals surface area contributed by atoms with Crippen molar-refractivity contribution in [1.29, 1.82) is 0 Å². The number of hydrogen-bond acceptors (Lipinski definition) is 4. The number of hydroxylamine groups is 2. The summed E-state index contributed by atoms with van der Waals surface area (Å²) in [4.78, 5) is 14.7. The van der Waals surface area contributed by atoms with Crippen LogP contribution >= 0.6 is 0 Å². The number of rotatable bonds is 1. The van der Waals surface area contributed by atoms with Crippen molar-refractivity contribution in [3.05, 3.63) is 0 Å². The Bertz CT molecular complexity index is 205. The van der Waals surface area contributed by atoms with Crippen molar-refractivity contribution in [2.75, 3.05) is 26.2 Å². The maximum absolute atomic E-state index is 10.2. The Labute approximate surface area is 76.6 Å². The van der Waals surface area contributed by atoms with Crippen LogP contribution in [0.4, 0.5) is 4.79 Å². The minimum atomic E-state index is -1.20. The Morgan fingerprint density at radius 3 is 2.54 bits per heavy atom. The molecule has 0 aromatic carbocycles. The molecule has 0 saturated carbocycles. The van der Waals surface area contributed by atoms with Gasteiger partial charge in [0.1, 0.15) is 0 Å². The molecule has 0 aromatic heterocycles. The Hall–Kier alpha value is -0.810. The van der Waals surface area contributed by atoms with E-state index in [0.717, 1.165) is 39.0 Å². The second-order valence-electron chi connectivity index (χ2n) is 3.91. The second-order valence-corrected chi connectivity index (χ2v) is 3.91. The Kier molecular flexibility index (Phi) is 2.13. The van der Waals surface area contributed by atoms with Crippen LogP contribution in [0.3, 0.4) is 0 Å². The second kappa shape index (κ2) is 3.16. The van der Waals surface area contributed by atoms with Crippen molar-refractivity contribution in [2.45, 2.75) is 12.8 Å². The molecule has 0 radical (unpaired) electrons. The highest BCUT2D eigenvalue weighted by Gasteiger charge is 2.45. The summed E-state index contributed by atoms with van der Waals surface area (Å²) in [7, 11) is 0. The van der Waals surface area contributed by atoms with Gasteiger partial charge in [-0.15, -0.1) is 5.06 Å². The van der Waals surface area contributed by atoms with E-state index in [2.05, 4.69) is 10.2 Å². The van der Waals surface area contributed by atoms with E-state index in [1.54, 1.807) is 0 Å². The van der Waals surface area contributed by atoms with Crippen LogP contribution in [0, 0.1) is 5.41 Å². The highest BCUT2D eigenvalue weighted by atomic mass is 16.8. The minimum absolute atomic E-state index is 0.334. The van der Waals surface area contributed by atoms with Crippen LogP contribution in [0.5, 0.6) is 0 Å². The van der Waals surface area contributed by atoms with Crippen molar-refractivity contribution in [1.82, 2.24) is 10.4 Å². The number of piperidine rings is 1. The number of nitrogens with zero attached hydrogens (tertiary/aromatic N) is 1. The van der Waals surface area contributed by atoms with Crippen molar-refractivity contribution in [3.8, 4) is 0 Å². The van der Waals surface area contributed by atoms with Gasteiger partial charge in [-0.3, -0.25) is 0 Å². The number of hydrogen-bond donors (Lipinski definition) is 2. The first-order valence-corrected chi connectivity index (χ1v) is 4.57. The molecule has 2 N–H and O–H groups in total. The summed E-state index contributed by atoms with van der Waals surface area (Å²) < 4.78 is 0. The lowest BCUT2D eigenvalue weighted by Crippen LogP contribution is -2.59. The molecule has 1 spiro atoms. The summed E-state index contributed by atoms with van der Waals surface area (Å²) in [5.74, 6) is 0. The fourth-order valence-electron chi connectivity index (χ4n) is 2.15. The van der Waals surface area contributed by atoms with Gasteiger partial charge in [-0.25, -0.2) is 4.79 Å². The lowest BCUT2D eigenvalue weighted by molar-refractivity contribution is -0.222. The van der Waals surface area contributed by atoms with E-state index < -0.39 is 6.16 Å². The van der Waals surface area contributed by atoms with E-state index in [1.165, 1.54) is 5.06 Å². The highest BCUT2D eigenvalue weighted by molar-refractivity contribution is 5.56. The van der Waals surface area contributed by atoms with E-state index in [0.29, 0.717) is 5.41 Å². The molecule has 0 amide bonds. The third kappa shape index (κ3) is 1.76. The predicted molar refractivity (Wildman–Crippen MR) is 45.2 cm³/mol. The minimum Gasteiger partial charge on any atom is -0.448 e. The van der Waals surface area contributed by atoms with Crippen LogP contribution in [-0.4, -0.2) is 42.5 Å². The number of carboxylic acid groups (broad SMARTS) is 1. The van der Waals surface area contributed by atoms with E-state index in [9.17, 15) is 4.79 Å². The van der Waals surface area contributed by atoms with Crippen molar-refractivity contribution >= 4 is 6.16 Å². The van der Waals surface area contributed by atoms with Crippen molar-refractivity contribution in [2.24, 2.45) is 5.41 Å². The molecule has 0 aromatic rings. The average molecular weight is 186 g/mol. The Morgan fingerprint density at radius 1 is 1.38 bits per heavy atom. The number of nitrogens with one attached hydrogen (secondary N) is 1. The third-order valence-corrected chi connectivity index (χ3v) is 2.89. The Balaban J connectivity index is 1.78. The number of carbonyl (C=O) groups is 1. The van der Waals surface area contributed by atoms with Crippen molar-refractivity contribution < 1.29 is 14.7 Å². The topological polar surface area (TPSA) is 61.8 Å². The van der Waals surface area contributed by atoms with Gasteiger partial charge >= 0.3 is 6.16 Å². The summed E-state index contributed by atoms with van der Waals surface area (Å²) in [5.41, 5.74) is 0.334. The van der Waals surface area contributed by atoms with E-state index >= 15 is 0 Å². The molecule has 0 atom stereocenters. The molecular formula is C8H14N2O3. The SMILES string of the molecule is O=C(O)ON1CC2(CCNCC2)C1. The lowest BCUT2D eigenvalue weighted by atomic mass is 9.74. The summed E-state index contributed by atoms with van der Waals surface area (Å²) in [6.45, 7) is 3.61. The van der Waals surface area contributed by atoms with Gasteiger partial charge in [0.15, 0.2) is 0 Å². The molecule has 74 valence electrons. The van der Waals surface area contributed by atoms with Crippen LogP contribution < -0.4 is 5.32 Å². The summed E-state index contributed by atoms with van der Waals surface area (Å²) >= 11 is 0. The molecule has 0 aliphatic carbocycles. The molecule has 0 unspecified atom stereocenters. The first kappa shape index (κ1) is 8.77. The maximum atomic E-state index is 10.2. The zero-order valence-corrected chi connectivity index (χ0v) is 7.45. The monoisotopic (exact) mass is 186 g/mol. The quantitative estimate of drug-likeness (QED) is 0.616. The fourth-order valence-corrected chi connectivity index (χ4v) is 2.15. The molecule has 2 rings (SSSR count). The molecule has 2 fully saturated rings. The molecule has 2 aliphatic heterocycles. The normalized spacial score (nSPS) is 26.8. The smallest absolute Gasteiger partial charge is 0.448 e. The van der Waals surface area contributed by atoms with Crippen LogP contribution in [0.1, 0.15) is 12.8 Å². The zero-order chi connectivity index (χ0) is 9.31. The van der Waals surface area contributed by atoms with Gasteiger partial charge in [-0.2, -0.15) is 0 Å². The summed E-state index contributed by atoms with van der Waals surface area (Å²) in [6, 6.07) is 0. The molecule has 2 heterocycles. The van der Waals surface area contributed by atoms with Crippen LogP contribution in [-0.2, 0) is 4.84 Å². The fraction of sp³-hybridized carbons (Fsp3) is 0.875. The molecular weight excluding hydrogens is 172 g/mol. The van der Waals surface area contributed by atoms with Crippen LogP contribution in [0.15, 0.2) is 0 Å². The first-order valence-electron chi connectivity index (χ1n) is 4.57. The maximum Gasteiger partial charge on any atom is 0.525 e. The average Bonchev–Trinajstić information content (AvgIpc) is 2.02. The van der Waals surface area contributed by atoms with Gasteiger partial charge in [-0.1, -0.05) is 0 Å². The van der Waals surface area contributed by atoms with Crippen LogP contribution in [0.25, 0.3) is 0 Å².